The first-order chi connectivity index (χ1) is 16.6. The summed E-state index contributed by atoms with van der Waals surface area (Å²) in [6, 6.07) is 6.65. The maximum absolute atomic E-state index is 13.7. The SMILES string of the molecule is Cc1cc(F)ccc1-c1cc(Cl)ncc1N(C)C(=O)C1(c2cc(C(F)(F)F)cc(C(F)(F)F)c2)CC1. The van der Waals surface area contributed by atoms with E-state index < -0.39 is 40.6 Å². The molecule has 0 unspecified atom stereocenters. The molecule has 0 bridgehead atoms. The number of likely N-dealkylation sites (N-methyl/N-ethyl adjacent to an activating group) is 1. The summed E-state index contributed by atoms with van der Waals surface area (Å²) in [6.45, 7) is 1.64. The third-order valence-electron chi connectivity index (χ3n) is 6.29. The summed E-state index contributed by atoms with van der Waals surface area (Å²) in [7, 11) is 1.36. The predicted octanol–water partition coefficient (Wildman–Crippen LogP) is 7.58. The lowest BCUT2D eigenvalue weighted by atomic mass is 9.90. The van der Waals surface area contributed by atoms with E-state index >= 15 is 0 Å². The first-order valence-corrected chi connectivity index (χ1v) is 11.0. The maximum atomic E-state index is 13.7. The number of aromatic nitrogens is 1. The summed E-state index contributed by atoms with van der Waals surface area (Å²) in [4.78, 5) is 18.7. The fraction of sp³-hybridized carbons (Fsp3) is 0.280. The van der Waals surface area contributed by atoms with Gasteiger partial charge in [-0.05, 0) is 72.9 Å². The Morgan fingerprint density at radius 2 is 1.53 bits per heavy atom. The molecule has 1 saturated carbocycles. The Morgan fingerprint density at radius 1 is 0.944 bits per heavy atom. The molecule has 2 aromatic carbocycles. The third-order valence-corrected chi connectivity index (χ3v) is 6.50. The van der Waals surface area contributed by atoms with Crippen LogP contribution in [0.25, 0.3) is 11.1 Å². The number of pyridine rings is 1. The predicted molar refractivity (Wildman–Crippen MR) is 120 cm³/mol. The minimum atomic E-state index is -5.03. The average molecular weight is 531 g/mol. The number of halogens is 8. The van der Waals surface area contributed by atoms with Gasteiger partial charge in [0.1, 0.15) is 11.0 Å². The van der Waals surface area contributed by atoms with Gasteiger partial charge >= 0.3 is 12.4 Å². The van der Waals surface area contributed by atoms with Crippen LogP contribution in [0.4, 0.5) is 36.4 Å². The molecule has 1 amide bonds. The van der Waals surface area contributed by atoms with Gasteiger partial charge in [0.05, 0.1) is 28.4 Å². The van der Waals surface area contributed by atoms with E-state index in [1.54, 1.807) is 6.92 Å². The largest absolute Gasteiger partial charge is 0.416 e. The van der Waals surface area contributed by atoms with Crippen LogP contribution in [-0.2, 0) is 22.6 Å². The molecule has 1 aliphatic rings. The van der Waals surface area contributed by atoms with Gasteiger partial charge in [-0.25, -0.2) is 9.37 Å². The monoisotopic (exact) mass is 530 g/mol. The zero-order valence-electron chi connectivity index (χ0n) is 18.9. The van der Waals surface area contributed by atoms with Gasteiger partial charge < -0.3 is 4.90 Å². The lowest BCUT2D eigenvalue weighted by molar-refractivity contribution is -0.143. The first kappa shape index (κ1) is 25.9. The highest BCUT2D eigenvalue weighted by atomic mass is 35.5. The van der Waals surface area contributed by atoms with Crippen LogP contribution < -0.4 is 4.90 Å². The number of alkyl halides is 6. The molecule has 1 aliphatic carbocycles. The second kappa shape index (κ2) is 8.76. The van der Waals surface area contributed by atoms with Crippen LogP contribution >= 0.6 is 11.6 Å². The number of aryl methyl sites for hydroxylation is 1. The normalized spacial score (nSPS) is 15.1. The van der Waals surface area contributed by atoms with Crippen molar-refractivity contribution in [2.24, 2.45) is 0 Å². The number of carbonyl (C=O) groups is 1. The Balaban J connectivity index is 1.80. The van der Waals surface area contributed by atoms with Crippen molar-refractivity contribution in [3.8, 4) is 11.1 Å². The van der Waals surface area contributed by atoms with Gasteiger partial charge in [0.15, 0.2) is 0 Å². The van der Waals surface area contributed by atoms with Crippen molar-refractivity contribution in [2.45, 2.75) is 37.5 Å². The van der Waals surface area contributed by atoms with Crippen LogP contribution in [0, 0.1) is 12.7 Å². The van der Waals surface area contributed by atoms with Crippen LogP contribution in [-0.4, -0.2) is 17.9 Å². The molecule has 0 radical (unpaired) electrons. The van der Waals surface area contributed by atoms with E-state index in [9.17, 15) is 35.5 Å². The minimum Gasteiger partial charge on any atom is -0.313 e. The molecule has 4 rings (SSSR count). The number of benzene rings is 2. The molecule has 0 atom stereocenters. The standard InChI is InChI=1S/C25H18ClF7N2O/c1-13-7-17(27)3-4-18(13)19-11-21(26)34-12-20(19)35(2)22(36)23(5-6-23)14-8-15(24(28,29)30)10-16(9-14)25(31,32)33/h3-4,7-12H,5-6H2,1-2H3. The summed E-state index contributed by atoms with van der Waals surface area (Å²) in [5.41, 5.74) is -3.22. The molecule has 11 heteroatoms. The van der Waals surface area contributed by atoms with Crippen LogP contribution in [0.15, 0.2) is 48.7 Å². The number of anilines is 1. The van der Waals surface area contributed by atoms with Crippen LogP contribution in [0.2, 0.25) is 5.15 Å². The lowest BCUT2D eigenvalue weighted by Crippen LogP contribution is -2.37. The van der Waals surface area contributed by atoms with Crippen molar-refractivity contribution >= 4 is 23.2 Å². The topological polar surface area (TPSA) is 33.2 Å². The van der Waals surface area contributed by atoms with Crippen LogP contribution in [0.1, 0.15) is 35.1 Å². The first-order valence-electron chi connectivity index (χ1n) is 10.6. The highest BCUT2D eigenvalue weighted by molar-refractivity contribution is 6.29. The van der Waals surface area contributed by atoms with Crippen LogP contribution in [0.5, 0.6) is 0 Å². The molecule has 0 saturated heterocycles. The van der Waals surface area contributed by atoms with Crippen molar-refractivity contribution in [3.63, 3.8) is 0 Å². The minimum absolute atomic E-state index is 0.0340. The van der Waals surface area contributed by atoms with Gasteiger partial charge in [-0.15, -0.1) is 0 Å². The molecule has 1 aromatic heterocycles. The van der Waals surface area contributed by atoms with Crippen molar-refractivity contribution in [2.75, 3.05) is 11.9 Å². The van der Waals surface area contributed by atoms with E-state index in [4.69, 9.17) is 11.6 Å². The number of hydrogen-bond donors (Lipinski definition) is 0. The molecule has 1 fully saturated rings. The van der Waals surface area contributed by atoms with E-state index in [2.05, 4.69) is 4.98 Å². The Kier molecular flexibility index (Phi) is 6.31. The fourth-order valence-corrected chi connectivity index (χ4v) is 4.41. The number of rotatable bonds is 4. The second-order valence-corrected chi connectivity index (χ2v) is 9.11. The van der Waals surface area contributed by atoms with Gasteiger partial charge in [-0.2, -0.15) is 26.3 Å². The molecule has 0 N–H and O–H groups in total. The summed E-state index contributed by atoms with van der Waals surface area (Å²) in [5, 5.41) is 0.0761. The Hall–Kier alpha value is -3.14. The quantitative estimate of drug-likeness (QED) is 0.257. The average Bonchev–Trinajstić information content (AvgIpc) is 3.59. The van der Waals surface area contributed by atoms with Gasteiger partial charge in [0.25, 0.3) is 0 Å². The summed E-state index contributed by atoms with van der Waals surface area (Å²) in [5.74, 6) is -1.18. The molecule has 1 heterocycles. The molecule has 190 valence electrons. The van der Waals surface area contributed by atoms with Gasteiger partial charge in [0.2, 0.25) is 5.91 Å². The summed E-state index contributed by atoms with van der Waals surface area (Å²) in [6.07, 6.45) is -8.65. The maximum Gasteiger partial charge on any atom is 0.416 e. The smallest absolute Gasteiger partial charge is 0.313 e. The fourth-order valence-electron chi connectivity index (χ4n) is 4.25. The number of carbonyl (C=O) groups excluding carboxylic acids is 1. The third kappa shape index (κ3) is 4.78. The second-order valence-electron chi connectivity index (χ2n) is 8.72. The van der Waals surface area contributed by atoms with Crippen molar-refractivity contribution in [1.82, 2.24) is 4.98 Å². The van der Waals surface area contributed by atoms with E-state index in [1.807, 2.05) is 0 Å². The van der Waals surface area contributed by atoms with E-state index in [0.29, 0.717) is 28.8 Å². The molecule has 3 aromatic rings. The van der Waals surface area contributed by atoms with Gasteiger partial charge in [0, 0.05) is 12.6 Å². The Labute approximate surface area is 206 Å². The highest BCUT2D eigenvalue weighted by Gasteiger charge is 2.54. The van der Waals surface area contributed by atoms with E-state index in [1.165, 1.54) is 37.5 Å². The zero-order valence-corrected chi connectivity index (χ0v) is 19.6. The number of nitrogens with zero attached hydrogens (tertiary/aromatic N) is 2. The number of amides is 1. The van der Waals surface area contributed by atoms with Crippen molar-refractivity contribution in [1.29, 1.82) is 0 Å². The highest BCUT2D eigenvalue weighted by Crippen LogP contribution is 2.52. The van der Waals surface area contributed by atoms with Crippen molar-refractivity contribution < 1.29 is 35.5 Å². The van der Waals surface area contributed by atoms with E-state index in [0.717, 1.165) is 4.90 Å². The molecule has 0 aliphatic heterocycles. The number of hydrogen-bond acceptors (Lipinski definition) is 2. The Morgan fingerprint density at radius 3 is 2.03 bits per heavy atom. The summed E-state index contributed by atoms with van der Waals surface area (Å²) < 4.78 is 94.1. The van der Waals surface area contributed by atoms with Crippen LogP contribution in [0.3, 0.4) is 0 Å². The van der Waals surface area contributed by atoms with Gasteiger partial charge in [-0.3, -0.25) is 4.79 Å². The zero-order chi connectivity index (χ0) is 26.6. The molecule has 3 nitrogen and oxygen atoms in total. The summed E-state index contributed by atoms with van der Waals surface area (Å²) >= 11 is 6.05. The molecular weight excluding hydrogens is 513 g/mol. The lowest BCUT2D eigenvalue weighted by Gasteiger charge is -2.27. The molecular formula is C25H18ClF7N2O. The van der Waals surface area contributed by atoms with Gasteiger partial charge in [-0.1, -0.05) is 17.7 Å². The Bertz CT molecular complexity index is 1310. The molecule has 36 heavy (non-hydrogen) atoms. The molecule has 0 spiro atoms. The van der Waals surface area contributed by atoms with E-state index in [-0.39, 0.29) is 35.3 Å². The van der Waals surface area contributed by atoms with Crippen molar-refractivity contribution in [3.05, 3.63) is 81.9 Å².